The van der Waals surface area contributed by atoms with Gasteiger partial charge in [-0.05, 0) is 12.1 Å². The third kappa shape index (κ3) is 3.95. The molecule has 0 saturated carbocycles. The van der Waals surface area contributed by atoms with E-state index in [4.69, 9.17) is 16.3 Å². The van der Waals surface area contributed by atoms with Gasteiger partial charge in [0.1, 0.15) is 0 Å². The summed E-state index contributed by atoms with van der Waals surface area (Å²) in [5.74, 6) is 0.127. The highest BCUT2D eigenvalue weighted by atomic mass is 35.5. The molecule has 1 aliphatic rings. The van der Waals surface area contributed by atoms with Crippen LogP contribution < -0.4 is 5.32 Å². The quantitative estimate of drug-likeness (QED) is 0.918. The van der Waals surface area contributed by atoms with E-state index in [1.54, 1.807) is 4.90 Å². The first-order valence-corrected chi connectivity index (χ1v) is 7.14. The number of nitrogens with one attached hydrogen (secondary N) is 1. The summed E-state index contributed by atoms with van der Waals surface area (Å²) in [5, 5.41) is 3.28. The van der Waals surface area contributed by atoms with Crippen molar-refractivity contribution in [3.8, 4) is 0 Å². The third-order valence-corrected chi connectivity index (χ3v) is 4.08. The second-order valence-corrected chi connectivity index (χ2v) is 6.19. The summed E-state index contributed by atoms with van der Waals surface area (Å²) in [6, 6.07) is 3.95. The van der Waals surface area contributed by atoms with E-state index in [1.807, 2.05) is 19.2 Å². The molecule has 4 nitrogen and oxygen atoms in total. The number of morpholine rings is 1. The van der Waals surface area contributed by atoms with Gasteiger partial charge in [0.05, 0.1) is 24.1 Å². The molecule has 0 aliphatic carbocycles. The van der Waals surface area contributed by atoms with E-state index in [9.17, 15) is 4.79 Å². The van der Waals surface area contributed by atoms with Gasteiger partial charge in [-0.15, -0.1) is 11.3 Å². The molecule has 1 fully saturated rings. The van der Waals surface area contributed by atoms with Crippen molar-refractivity contribution in [3.05, 3.63) is 21.3 Å². The first-order chi connectivity index (χ1) is 8.65. The summed E-state index contributed by atoms with van der Waals surface area (Å²) in [6.45, 7) is 2.78. The Morgan fingerprint density at radius 1 is 1.67 bits per heavy atom. The molecule has 18 heavy (non-hydrogen) atoms. The zero-order valence-electron chi connectivity index (χ0n) is 10.3. The number of hydrogen-bond donors (Lipinski definition) is 1. The molecule has 1 atom stereocenters. The highest BCUT2D eigenvalue weighted by molar-refractivity contribution is 7.16. The summed E-state index contributed by atoms with van der Waals surface area (Å²) in [4.78, 5) is 14.9. The number of carbonyl (C=O) groups is 1. The van der Waals surface area contributed by atoms with E-state index in [0.717, 1.165) is 22.4 Å². The predicted octanol–water partition coefficient (Wildman–Crippen LogP) is 1.74. The molecule has 0 spiro atoms. The number of amides is 1. The summed E-state index contributed by atoms with van der Waals surface area (Å²) in [6.07, 6.45) is 0.482. The zero-order chi connectivity index (χ0) is 13.0. The van der Waals surface area contributed by atoms with Crippen LogP contribution in [0.4, 0.5) is 0 Å². The van der Waals surface area contributed by atoms with Crippen molar-refractivity contribution in [1.82, 2.24) is 10.2 Å². The Labute approximate surface area is 116 Å². The molecule has 2 heterocycles. The van der Waals surface area contributed by atoms with Gasteiger partial charge in [0.2, 0.25) is 5.91 Å². The summed E-state index contributed by atoms with van der Waals surface area (Å²) < 4.78 is 6.09. The largest absolute Gasteiger partial charge is 0.378 e. The van der Waals surface area contributed by atoms with Crippen LogP contribution in [0.1, 0.15) is 11.3 Å². The van der Waals surface area contributed by atoms with E-state index in [-0.39, 0.29) is 11.9 Å². The first-order valence-electron chi connectivity index (χ1n) is 5.94. The van der Waals surface area contributed by atoms with E-state index in [0.29, 0.717) is 19.6 Å². The molecule has 0 aromatic carbocycles. The predicted molar refractivity (Wildman–Crippen MR) is 73.0 cm³/mol. The van der Waals surface area contributed by atoms with Crippen molar-refractivity contribution in [1.29, 1.82) is 0 Å². The van der Waals surface area contributed by atoms with Crippen LogP contribution in [0.25, 0.3) is 0 Å². The Balaban J connectivity index is 1.80. The van der Waals surface area contributed by atoms with Gasteiger partial charge in [-0.3, -0.25) is 4.79 Å². The number of thiophene rings is 1. The highest BCUT2D eigenvalue weighted by Crippen LogP contribution is 2.22. The number of carbonyl (C=O) groups excluding carboxylic acids is 1. The van der Waals surface area contributed by atoms with Gasteiger partial charge >= 0.3 is 0 Å². The monoisotopic (exact) mass is 288 g/mol. The molecule has 2 rings (SSSR count). The molecule has 1 aromatic rings. The maximum absolute atomic E-state index is 12.0. The van der Waals surface area contributed by atoms with Gasteiger partial charge in [0.15, 0.2) is 0 Å². The van der Waals surface area contributed by atoms with Gasteiger partial charge < -0.3 is 15.0 Å². The smallest absolute Gasteiger partial charge is 0.224 e. The average Bonchev–Trinajstić information content (AvgIpc) is 2.76. The van der Waals surface area contributed by atoms with Crippen LogP contribution >= 0.6 is 22.9 Å². The molecule has 100 valence electrons. The second kappa shape index (κ2) is 6.52. The second-order valence-electron chi connectivity index (χ2n) is 4.39. The maximum Gasteiger partial charge on any atom is 0.224 e. The minimum absolute atomic E-state index is 0.127. The molecular weight excluding hydrogens is 272 g/mol. The lowest BCUT2D eigenvalue weighted by molar-refractivity contribution is -0.131. The molecule has 1 N–H and O–H groups in total. The molecule has 0 bridgehead atoms. The molecule has 1 unspecified atom stereocenters. The van der Waals surface area contributed by atoms with Crippen molar-refractivity contribution in [2.45, 2.75) is 19.0 Å². The van der Waals surface area contributed by atoms with Crippen LogP contribution in [-0.4, -0.2) is 43.7 Å². The van der Waals surface area contributed by atoms with Crippen molar-refractivity contribution in [2.24, 2.45) is 0 Å². The molecule has 6 heteroatoms. The molecular formula is C12H17ClN2O2S. The molecule has 0 radical (unpaired) electrons. The number of rotatable bonds is 4. The van der Waals surface area contributed by atoms with E-state index >= 15 is 0 Å². The van der Waals surface area contributed by atoms with E-state index in [1.165, 1.54) is 11.3 Å². The molecule has 1 aliphatic heterocycles. The van der Waals surface area contributed by atoms with Crippen LogP contribution in [0.2, 0.25) is 4.34 Å². The SMILES string of the molecule is CN(Cc1ccc(Cl)s1)C(=O)CC1COCCN1. The van der Waals surface area contributed by atoms with Crippen molar-refractivity contribution < 1.29 is 9.53 Å². The molecule has 1 aromatic heterocycles. The van der Waals surface area contributed by atoms with Crippen molar-refractivity contribution in [2.75, 3.05) is 26.8 Å². The highest BCUT2D eigenvalue weighted by Gasteiger charge is 2.19. The number of ether oxygens (including phenoxy) is 1. The van der Waals surface area contributed by atoms with Crippen molar-refractivity contribution in [3.63, 3.8) is 0 Å². The average molecular weight is 289 g/mol. The number of hydrogen-bond acceptors (Lipinski definition) is 4. The zero-order valence-corrected chi connectivity index (χ0v) is 11.9. The Kier molecular flexibility index (Phi) is 5.00. The molecule has 1 amide bonds. The number of halogens is 1. The summed E-state index contributed by atoms with van der Waals surface area (Å²) in [5.41, 5.74) is 0. The van der Waals surface area contributed by atoms with Crippen LogP contribution in [0.5, 0.6) is 0 Å². The van der Waals surface area contributed by atoms with Gasteiger partial charge in [0, 0.05) is 30.9 Å². The Bertz CT molecular complexity index is 405. The van der Waals surface area contributed by atoms with Gasteiger partial charge in [-0.25, -0.2) is 0 Å². The Hall–Kier alpha value is -0.620. The van der Waals surface area contributed by atoms with E-state index in [2.05, 4.69) is 5.32 Å². The lowest BCUT2D eigenvalue weighted by atomic mass is 10.2. The van der Waals surface area contributed by atoms with Crippen LogP contribution in [0.3, 0.4) is 0 Å². The van der Waals surface area contributed by atoms with Crippen molar-refractivity contribution >= 4 is 28.8 Å². The minimum Gasteiger partial charge on any atom is -0.378 e. The summed E-state index contributed by atoms with van der Waals surface area (Å²) >= 11 is 7.38. The van der Waals surface area contributed by atoms with Gasteiger partial charge in [-0.1, -0.05) is 11.6 Å². The molecule has 1 saturated heterocycles. The van der Waals surface area contributed by atoms with Crippen LogP contribution in [-0.2, 0) is 16.1 Å². The lowest BCUT2D eigenvalue weighted by Crippen LogP contribution is -2.44. The third-order valence-electron chi connectivity index (χ3n) is 2.87. The van der Waals surface area contributed by atoms with Gasteiger partial charge in [-0.2, -0.15) is 0 Å². The summed E-state index contributed by atoms with van der Waals surface area (Å²) in [7, 11) is 1.82. The maximum atomic E-state index is 12.0. The fraction of sp³-hybridized carbons (Fsp3) is 0.583. The lowest BCUT2D eigenvalue weighted by Gasteiger charge is -2.25. The Morgan fingerprint density at radius 3 is 3.11 bits per heavy atom. The van der Waals surface area contributed by atoms with E-state index < -0.39 is 0 Å². The topological polar surface area (TPSA) is 41.6 Å². The van der Waals surface area contributed by atoms with Crippen LogP contribution in [0, 0.1) is 0 Å². The minimum atomic E-state index is 0.127. The standard InChI is InChI=1S/C12H17ClN2O2S/c1-15(7-10-2-3-11(13)18-10)12(16)6-9-8-17-5-4-14-9/h2-3,9,14H,4-8H2,1H3. The van der Waals surface area contributed by atoms with Gasteiger partial charge in [0.25, 0.3) is 0 Å². The van der Waals surface area contributed by atoms with Crippen LogP contribution in [0.15, 0.2) is 12.1 Å². The Morgan fingerprint density at radius 2 is 2.50 bits per heavy atom. The number of nitrogens with zero attached hydrogens (tertiary/aromatic N) is 1. The first kappa shape index (κ1) is 13.8. The fourth-order valence-electron chi connectivity index (χ4n) is 1.88. The fourth-order valence-corrected chi connectivity index (χ4v) is 3.02. The normalized spacial score (nSPS) is 19.8.